The molecule has 0 saturated heterocycles. The molecule has 0 aliphatic carbocycles. The van der Waals surface area contributed by atoms with Gasteiger partial charge < -0.3 is 19.5 Å². The molecule has 0 saturated carbocycles. The zero-order valence-corrected chi connectivity index (χ0v) is 15.4. The van der Waals surface area contributed by atoms with Crippen molar-refractivity contribution in [2.75, 3.05) is 21.3 Å². The van der Waals surface area contributed by atoms with Crippen LogP contribution in [0.5, 0.6) is 17.2 Å². The van der Waals surface area contributed by atoms with Crippen LogP contribution in [0.2, 0.25) is 5.02 Å². The number of carbonyl (C=O) groups excluding carboxylic acids is 1. The molecule has 0 atom stereocenters. The van der Waals surface area contributed by atoms with Crippen LogP contribution in [0.15, 0.2) is 36.4 Å². The number of ether oxygens (including phenoxy) is 3. The van der Waals surface area contributed by atoms with Gasteiger partial charge in [-0.3, -0.25) is 4.79 Å². The topological polar surface area (TPSA) is 56.8 Å². The van der Waals surface area contributed by atoms with E-state index in [1.54, 1.807) is 18.2 Å². The van der Waals surface area contributed by atoms with Crippen LogP contribution in [0, 0.1) is 5.82 Å². The second-order valence-corrected chi connectivity index (χ2v) is 5.63. The highest BCUT2D eigenvalue weighted by molar-refractivity contribution is 6.32. The highest BCUT2D eigenvalue weighted by atomic mass is 35.5. The maximum absolute atomic E-state index is 13.7. The van der Waals surface area contributed by atoms with E-state index in [9.17, 15) is 9.18 Å². The van der Waals surface area contributed by atoms with Crippen molar-refractivity contribution in [3.8, 4) is 17.2 Å². The maximum Gasteiger partial charge on any atom is 0.244 e. The van der Waals surface area contributed by atoms with E-state index in [1.807, 2.05) is 0 Å². The standard InChI is InChI=1S/C19H19ClFNO4/c1-24-16-9-12(10-17(25-2)19(16)26-3)11-22-18(23)8-7-13-14(20)5-4-6-15(13)21/h4-10H,11H2,1-3H3,(H,22,23)/b8-7+. The third-order valence-electron chi connectivity index (χ3n) is 3.59. The lowest BCUT2D eigenvalue weighted by atomic mass is 10.1. The average Bonchev–Trinajstić information content (AvgIpc) is 2.64. The Kier molecular flexibility index (Phi) is 6.86. The minimum Gasteiger partial charge on any atom is -0.493 e. The Labute approximate surface area is 156 Å². The van der Waals surface area contributed by atoms with Crippen molar-refractivity contribution in [3.05, 3.63) is 58.4 Å². The van der Waals surface area contributed by atoms with Gasteiger partial charge in [-0.05, 0) is 35.9 Å². The fraction of sp³-hybridized carbons (Fsp3) is 0.211. The molecule has 0 fully saturated rings. The van der Waals surface area contributed by atoms with Crippen LogP contribution in [0.4, 0.5) is 4.39 Å². The minimum absolute atomic E-state index is 0.164. The lowest BCUT2D eigenvalue weighted by Crippen LogP contribution is -2.20. The van der Waals surface area contributed by atoms with Crippen LogP contribution in [0.3, 0.4) is 0 Å². The van der Waals surface area contributed by atoms with E-state index in [0.717, 1.165) is 5.56 Å². The summed E-state index contributed by atoms with van der Waals surface area (Å²) in [5.41, 5.74) is 0.919. The van der Waals surface area contributed by atoms with Gasteiger partial charge in [0.1, 0.15) is 5.82 Å². The molecular weight excluding hydrogens is 361 g/mol. The number of nitrogens with one attached hydrogen (secondary N) is 1. The summed E-state index contributed by atoms with van der Waals surface area (Å²) in [5.74, 6) is 0.568. The SMILES string of the molecule is COc1cc(CNC(=O)/C=C/c2c(F)cccc2Cl)cc(OC)c1OC. The van der Waals surface area contributed by atoms with Crippen LogP contribution < -0.4 is 19.5 Å². The second-order valence-electron chi connectivity index (χ2n) is 5.22. The predicted molar refractivity (Wildman–Crippen MR) is 98.4 cm³/mol. The monoisotopic (exact) mass is 379 g/mol. The van der Waals surface area contributed by atoms with Crippen molar-refractivity contribution in [2.24, 2.45) is 0 Å². The summed E-state index contributed by atoms with van der Waals surface area (Å²) in [4.78, 5) is 12.0. The molecule has 2 aromatic carbocycles. The van der Waals surface area contributed by atoms with Crippen LogP contribution in [-0.4, -0.2) is 27.2 Å². The normalized spacial score (nSPS) is 10.7. The fourth-order valence-electron chi connectivity index (χ4n) is 2.31. The fourth-order valence-corrected chi connectivity index (χ4v) is 2.54. The summed E-state index contributed by atoms with van der Waals surface area (Å²) in [6, 6.07) is 7.80. The molecule has 0 heterocycles. The van der Waals surface area contributed by atoms with E-state index >= 15 is 0 Å². The smallest absolute Gasteiger partial charge is 0.244 e. The molecule has 0 aliphatic rings. The van der Waals surface area contributed by atoms with Gasteiger partial charge in [0.25, 0.3) is 0 Å². The molecule has 2 aromatic rings. The van der Waals surface area contributed by atoms with Crippen molar-refractivity contribution in [3.63, 3.8) is 0 Å². The Morgan fingerprint density at radius 2 is 1.81 bits per heavy atom. The van der Waals surface area contributed by atoms with Gasteiger partial charge in [-0.25, -0.2) is 4.39 Å². The number of halogens is 2. The number of amides is 1. The highest BCUT2D eigenvalue weighted by Crippen LogP contribution is 2.38. The summed E-state index contributed by atoms with van der Waals surface area (Å²) < 4.78 is 29.5. The van der Waals surface area contributed by atoms with Crippen LogP contribution in [-0.2, 0) is 11.3 Å². The zero-order valence-electron chi connectivity index (χ0n) is 14.6. The van der Waals surface area contributed by atoms with Crippen LogP contribution in [0.1, 0.15) is 11.1 Å². The Morgan fingerprint density at radius 3 is 2.35 bits per heavy atom. The van der Waals surface area contributed by atoms with E-state index in [1.165, 1.54) is 45.6 Å². The van der Waals surface area contributed by atoms with Crippen molar-refractivity contribution in [1.29, 1.82) is 0 Å². The largest absolute Gasteiger partial charge is 0.493 e. The summed E-state index contributed by atoms with van der Waals surface area (Å²) in [6.45, 7) is 0.227. The second kappa shape index (κ2) is 9.10. The molecule has 0 aromatic heterocycles. The molecule has 0 bridgehead atoms. The van der Waals surface area contributed by atoms with Gasteiger partial charge in [-0.1, -0.05) is 17.7 Å². The first-order valence-electron chi connectivity index (χ1n) is 7.69. The zero-order chi connectivity index (χ0) is 19.1. The lowest BCUT2D eigenvalue weighted by molar-refractivity contribution is -0.116. The third-order valence-corrected chi connectivity index (χ3v) is 3.92. The number of methoxy groups -OCH3 is 3. The summed E-state index contributed by atoms with van der Waals surface area (Å²) in [7, 11) is 4.54. The van der Waals surface area contributed by atoms with E-state index in [-0.39, 0.29) is 17.1 Å². The number of rotatable bonds is 7. The molecule has 0 unspecified atom stereocenters. The number of carbonyl (C=O) groups is 1. The van der Waals surface area contributed by atoms with E-state index in [0.29, 0.717) is 17.2 Å². The summed E-state index contributed by atoms with van der Waals surface area (Å²) >= 11 is 5.92. The van der Waals surface area contributed by atoms with Crippen LogP contribution >= 0.6 is 11.6 Å². The van der Waals surface area contributed by atoms with Gasteiger partial charge in [0, 0.05) is 18.2 Å². The minimum atomic E-state index is -0.494. The number of hydrogen-bond donors (Lipinski definition) is 1. The Morgan fingerprint density at radius 1 is 1.15 bits per heavy atom. The van der Waals surface area contributed by atoms with Crippen molar-refractivity contribution >= 4 is 23.6 Å². The van der Waals surface area contributed by atoms with Crippen molar-refractivity contribution in [1.82, 2.24) is 5.32 Å². The Bertz CT molecular complexity index is 778. The lowest BCUT2D eigenvalue weighted by Gasteiger charge is -2.14. The molecule has 2 rings (SSSR count). The van der Waals surface area contributed by atoms with E-state index in [2.05, 4.69) is 5.32 Å². The molecule has 26 heavy (non-hydrogen) atoms. The first-order chi connectivity index (χ1) is 12.5. The van der Waals surface area contributed by atoms with Crippen molar-refractivity contribution in [2.45, 2.75) is 6.54 Å². The van der Waals surface area contributed by atoms with Crippen molar-refractivity contribution < 1.29 is 23.4 Å². The van der Waals surface area contributed by atoms with Gasteiger partial charge in [0.15, 0.2) is 11.5 Å². The molecule has 1 N–H and O–H groups in total. The molecule has 0 radical (unpaired) electrons. The molecule has 0 spiro atoms. The molecule has 5 nitrogen and oxygen atoms in total. The number of hydrogen-bond acceptors (Lipinski definition) is 4. The van der Waals surface area contributed by atoms with E-state index in [4.69, 9.17) is 25.8 Å². The highest BCUT2D eigenvalue weighted by Gasteiger charge is 2.13. The predicted octanol–water partition coefficient (Wildman–Crippen LogP) is 3.83. The van der Waals surface area contributed by atoms with Gasteiger partial charge in [-0.2, -0.15) is 0 Å². The molecule has 0 aliphatic heterocycles. The number of benzene rings is 2. The van der Waals surface area contributed by atoms with Gasteiger partial charge in [0.2, 0.25) is 11.7 Å². The maximum atomic E-state index is 13.7. The van der Waals surface area contributed by atoms with Gasteiger partial charge in [0.05, 0.1) is 26.4 Å². The Hall–Kier alpha value is -2.73. The molecular formula is C19H19ClFNO4. The molecule has 7 heteroatoms. The first kappa shape index (κ1) is 19.6. The summed E-state index contributed by atoms with van der Waals surface area (Å²) in [5, 5.41) is 2.94. The first-order valence-corrected chi connectivity index (χ1v) is 8.06. The average molecular weight is 380 g/mol. The third kappa shape index (κ3) is 4.67. The van der Waals surface area contributed by atoms with Crippen LogP contribution in [0.25, 0.3) is 6.08 Å². The van der Waals surface area contributed by atoms with E-state index < -0.39 is 11.7 Å². The Balaban J connectivity index is 2.09. The quantitative estimate of drug-likeness (QED) is 0.743. The summed E-state index contributed by atoms with van der Waals surface area (Å²) in [6.07, 6.45) is 2.56. The van der Waals surface area contributed by atoms with Gasteiger partial charge in [-0.15, -0.1) is 0 Å². The molecule has 1 amide bonds. The van der Waals surface area contributed by atoms with Gasteiger partial charge >= 0.3 is 0 Å². The molecule has 138 valence electrons.